The second-order valence-electron chi connectivity index (χ2n) is 15.9. The Kier molecular flexibility index (Phi) is 12.9. The molecule has 6 aliphatic rings. The van der Waals surface area contributed by atoms with E-state index in [1.165, 1.54) is 38.5 Å². The summed E-state index contributed by atoms with van der Waals surface area (Å²) in [4.78, 5) is 29.8. The average molecular weight is 661 g/mol. The Hall–Kier alpha value is -1.34. The normalized spacial score (nSPS) is 37.0. The summed E-state index contributed by atoms with van der Waals surface area (Å²) in [6.07, 6.45) is 14.5. The number of carbonyl (C=O) groups excluding carboxylic acids is 2. The van der Waals surface area contributed by atoms with Crippen LogP contribution in [0.25, 0.3) is 0 Å². The van der Waals surface area contributed by atoms with Gasteiger partial charge in [-0.3, -0.25) is 25.5 Å². The first-order chi connectivity index (χ1) is 22.8. The second kappa shape index (κ2) is 17.1. The lowest BCUT2D eigenvalue weighted by Gasteiger charge is -2.44. The first-order valence-corrected chi connectivity index (χ1v) is 19.2. The van der Waals surface area contributed by atoms with Crippen molar-refractivity contribution in [3.8, 4) is 0 Å². The molecule has 0 aromatic rings. The molecule has 6 rings (SSSR count). The highest BCUT2D eigenvalue weighted by molar-refractivity contribution is 5.79. The maximum Gasteiger partial charge on any atom is 0.223 e. The van der Waals surface area contributed by atoms with E-state index in [9.17, 15) is 14.7 Å². The lowest BCUT2D eigenvalue weighted by atomic mass is 9.74. The maximum atomic E-state index is 13.6. The molecule has 11 nitrogen and oxygen atoms in total. The minimum atomic E-state index is -0.562. The van der Waals surface area contributed by atoms with Gasteiger partial charge in [-0.1, -0.05) is 19.3 Å². The second-order valence-corrected chi connectivity index (χ2v) is 15.9. The fraction of sp³-hybridized carbons (Fsp3) is 0.944. The molecular weight excluding hydrogens is 596 g/mol. The number of amides is 2. The summed E-state index contributed by atoms with van der Waals surface area (Å²) in [5.74, 6) is 2.18. The lowest BCUT2D eigenvalue weighted by Crippen LogP contribution is -2.60. The number of fused-ring (bicyclic) bond motifs is 1. The van der Waals surface area contributed by atoms with Crippen molar-refractivity contribution >= 4 is 11.8 Å². The molecule has 0 aromatic heterocycles. The van der Waals surface area contributed by atoms with Gasteiger partial charge in [-0.25, -0.2) is 0 Å². The van der Waals surface area contributed by atoms with Crippen LogP contribution in [0.2, 0.25) is 0 Å². The zero-order chi connectivity index (χ0) is 32.8. The summed E-state index contributed by atoms with van der Waals surface area (Å²) in [5, 5.41) is 25.3. The van der Waals surface area contributed by atoms with Crippen molar-refractivity contribution in [3.63, 3.8) is 0 Å². The predicted molar refractivity (Wildman–Crippen MR) is 181 cm³/mol. The average Bonchev–Trinajstić information content (AvgIpc) is 3.50. The van der Waals surface area contributed by atoms with Gasteiger partial charge in [0.2, 0.25) is 11.8 Å². The van der Waals surface area contributed by atoms with Gasteiger partial charge in [0.1, 0.15) is 0 Å². The van der Waals surface area contributed by atoms with E-state index in [4.69, 9.17) is 9.47 Å². The van der Waals surface area contributed by atoms with E-state index in [1.807, 2.05) is 4.90 Å². The number of hydrogen-bond donors (Lipinski definition) is 5. The molecule has 4 heterocycles. The molecule has 9 atom stereocenters. The summed E-state index contributed by atoms with van der Waals surface area (Å²) in [7, 11) is 0. The number of piperidine rings is 3. The Balaban J connectivity index is 0.930. The minimum Gasteiger partial charge on any atom is -0.390 e. The van der Waals surface area contributed by atoms with Crippen LogP contribution in [0.1, 0.15) is 97.3 Å². The van der Waals surface area contributed by atoms with Gasteiger partial charge in [0, 0.05) is 63.7 Å². The highest BCUT2D eigenvalue weighted by Gasteiger charge is 2.39. The van der Waals surface area contributed by atoms with Crippen molar-refractivity contribution in [2.24, 2.45) is 23.7 Å². The van der Waals surface area contributed by atoms with Gasteiger partial charge >= 0.3 is 0 Å². The fourth-order valence-corrected chi connectivity index (χ4v) is 9.60. The van der Waals surface area contributed by atoms with Crippen molar-refractivity contribution in [1.29, 1.82) is 0 Å². The molecule has 2 amide bonds. The van der Waals surface area contributed by atoms with Crippen molar-refractivity contribution < 1.29 is 24.2 Å². The van der Waals surface area contributed by atoms with Gasteiger partial charge in [-0.15, -0.1) is 0 Å². The van der Waals surface area contributed by atoms with E-state index >= 15 is 0 Å². The first kappa shape index (κ1) is 35.5. The standard InChI is InChI=1S/C36H64N6O5/c1-24-34(47-23-38-24)22-46-32-9-8-28-20-41(13-10-27(28)16-32)21-31(44)19-37-36(45)29-17-33(26-6-4-3-5-7-26)40-35(18-29)39-30-11-14-42(15-12-30)25(2)43/h24,26-35,38-40,44H,3-23H2,1-2H3,(H,37,45)/t24?,27?,28?,29?,31-,32?,33?,34?,35?/m0/s1. The van der Waals surface area contributed by atoms with E-state index < -0.39 is 6.10 Å². The van der Waals surface area contributed by atoms with Crippen LogP contribution < -0.4 is 21.3 Å². The van der Waals surface area contributed by atoms with Crippen LogP contribution in [0.5, 0.6) is 0 Å². The Morgan fingerprint density at radius 2 is 1.77 bits per heavy atom. The van der Waals surface area contributed by atoms with Crippen LogP contribution in [0.4, 0.5) is 0 Å². The van der Waals surface area contributed by atoms with Gasteiger partial charge in [0.05, 0.1) is 37.8 Å². The van der Waals surface area contributed by atoms with Crippen molar-refractivity contribution in [3.05, 3.63) is 0 Å². The van der Waals surface area contributed by atoms with Crippen LogP contribution >= 0.6 is 0 Å². The van der Waals surface area contributed by atoms with Gasteiger partial charge in [-0.05, 0) is 95.4 Å². The third kappa shape index (κ3) is 9.89. The molecule has 0 aromatic carbocycles. The molecule has 0 bridgehead atoms. The summed E-state index contributed by atoms with van der Waals surface area (Å²) in [6.45, 7) is 9.68. The predicted octanol–water partition coefficient (Wildman–Crippen LogP) is 2.18. The largest absolute Gasteiger partial charge is 0.390 e. The molecule has 47 heavy (non-hydrogen) atoms. The van der Waals surface area contributed by atoms with E-state index in [0.29, 0.717) is 68.4 Å². The molecule has 4 saturated heterocycles. The number of ether oxygens (including phenoxy) is 2. The molecule has 6 fully saturated rings. The SMILES string of the molecule is CC(=O)N1CCC(NC2CC(C(=O)NC[C@H](O)CN3CCC4CC(OCC5OCNC5C)CCC4C3)CC(C3CCCCC3)N2)CC1. The highest BCUT2D eigenvalue weighted by atomic mass is 16.5. The third-order valence-corrected chi connectivity index (χ3v) is 12.6. The van der Waals surface area contributed by atoms with Crippen LogP contribution in [-0.2, 0) is 19.1 Å². The van der Waals surface area contributed by atoms with Crippen molar-refractivity contribution in [2.75, 3.05) is 52.6 Å². The summed E-state index contributed by atoms with van der Waals surface area (Å²) < 4.78 is 12.0. The number of aliphatic hydroxyl groups is 1. The number of carbonyl (C=O) groups is 2. The Labute approximate surface area is 283 Å². The third-order valence-electron chi connectivity index (χ3n) is 12.6. The van der Waals surface area contributed by atoms with Gasteiger partial charge in [0.15, 0.2) is 0 Å². The minimum absolute atomic E-state index is 0.0574. The molecule has 8 unspecified atom stereocenters. The van der Waals surface area contributed by atoms with Crippen LogP contribution in [0, 0.1) is 23.7 Å². The number of β-amino-alcohol motifs (C(OH)–C–C–N with tert-alkyl or cyclic N) is 1. The molecule has 4 aliphatic heterocycles. The topological polar surface area (TPSA) is 127 Å². The van der Waals surface area contributed by atoms with Crippen molar-refractivity contribution in [1.82, 2.24) is 31.1 Å². The van der Waals surface area contributed by atoms with E-state index in [2.05, 4.69) is 33.1 Å². The highest BCUT2D eigenvalue weighted by Crippen LogP contribution is 2.38. The smallest absolute Gasteiger partial charge is 0.223 e. The molecular formula is C36H64N6O5. The number of likely N-dealkylation sites (tertiary alicyclic amines) is 2. The molecule has 2 saturated carbocycles. The number of aliphatic hydroxyl groups excluding tert-OH is 1. The monoisotopic (exact) mass is 660 g/mol. The Morgan fingerprint density at radius 3 is 2.51 bits per heavy atom. The molecule has 11 heteroatoms. The fourth-order valence-electron chi connectivity index (χ4n) is 9.60. The number of nitrogens with one attached hydrogen (secondary N) is 4. The Morgan fingerprint density at radius 1 is 0.957 bits per heavy atom. The van der Waals surface area contributed by atoms with Crippen LogP contribution in [0.3, 0.4) is 0 Å². The van der Waals surface area contributed by atoms with E-state index in [0.717, 1.165) is 71.1 Å². The lowest BCUT2D eigenvalue weighted by molar-refractivity contribution is -0.130. The number of nitrogens with zero attached hydrogens (tertiary/aromatic N) is 2. The van der Waals surface area contributed by atoms with Crippen LogP contribution in [0.15, 0.2) is 0 Å². The number of rotatable bonds is 11. The van der Waals surface area contributed by atoms with Gasteiger partial charge in [-0.2, -0.15) is 0 Å². The van der Waals surface area contributed by atoms with E-state index in [1.54, 1.807) is 6.92 Å². The summed E-state index contributed by atoms with van der Waals surface area (Å²) in [6, 6.07) is 1.06. The first-order valence-electron chi connectivity index (χ1n) is 19.2. The molecule has 0 spiro atoms. The number of hydrogen-bond acceptors (Lipinski definition) is 9. The van der Waals surface area contributed by atoms with Crippen molar-refractivity contribution in [2.45, 2.75) is 140 Å². The molecule has 0 radical (unpaired) electrons. The van der Waals surface area contributed by atoms with Crippen LogP contribution in [-0.4, -0.2) is 122 Å². The zero-order valence-corrected chi connectivity index (χ0v) is 29.2. The summed E-state index contributed by atoms with van der Waals surface area (Å²) >= 11 is 0. The molecule has 268 valence electrons. The summed E-state index contributed by atoms with van der Waals surface area (Å²) in [5.41, 5.74) is 0. The van der Waals surface area contributed by atoms with E-state index in [-0.39, 0.29) is 30.0 Å². The zero-order valence-electron chi connectivity index (χ0n) is 29.2. The van der Waals surface area contributed by atoms with Gasteiger partial charge < -0.3 is 29.7 Å². The quantitative estimate of drug-likeness (QED) is 0.227. The van der Waals surface area contributed by atoms with Gasteiger partial charge in [0.25, 0.3) is 0 Å². The Bertz CT molecular complexity index is 1010. The molecule has 2 aliphatic carbocycles. The maximum absolute atomic E-state index is 13.6. The molecule has 5 N–H and O–H groups in total.